The zero-order chi connectivity index (χ0) is 14.9. The largest absolute Gasteiger partial charge is 0.324 e. The van der Waals surface area contributed by atoms with Gasteiger partial charge in [0.2, 0.25) is 5.91 Å². The van der Waals surface area contributed by atoms with E-state index in [4.69, 9.17) is 4.98 Å². The minimum Gasteiger partial charge on any atom is -0.324 e. The Kier molecular flexibility index (Phi) is 3.54. The number of amides is 1. The number of pyridine rings is 1. The van der Waals surface area contributed by atoms with Crippen molar-refractivity contribution in [1.82, 2.24) is 9.88 Å². The number of aromatic nitrogens is 1. The van der Waals surface area contributed by atoms with Gasteiger partial charge >= 0.3 is 0 Å². The summed E-state index contributed by atoms with van der Waals surface area (Å²) < 4.78 is 0. The number of fused-ring (bicyclic) bond motifs is 2. The van der Waals surface area contributed by atoms with Gasteiger partial charge in [-0.25, -0.2) is 0 Å². The number of carbonyl (C=O) groups is 1. The first kappa shape index (κ1) is 13.7. The molecule has 1 amide bonds. The van der Waals surface area contributed by atoms with E-state index in [1.165, 1.54) is 18.4 Å². The summed E-state index contributed by atoms with van der Waals surface area (Å²) in [6, 6.07) is 8.12. The number of nitrogens with one attached hydrogen (secondary N) is 1. The first-order valence-corrected chi connectivity index (χ1v) is 8.24. The molecule has 2 aliphatic rings. The molecule has 0 spiro atoms. The number of nitrogens with zero attached hydrogens (tertiary/aromatic N) is 2. The van der Waals surface area contributed by atoms with Crippen LogP contribution in [0.2, 0.25) is 0 Å². The number of benzene rings is 1. The molecule has 4 heteroatoms. The molecule has 1 saturated heterocycles. The molecule has 0 saturated carbocycles. The SMILES string of the molecule is O=C(CN1CCCC1)Nc1c2c(nc3ccccc13)CCC2. The Hall–Kier alpha value is -1.94. The Labute approximate surface area is 130 Å². The van der Waals surface area contributed by atoms with Crippen molar-refractivity contribution in [2.45, 2.75) is 32.1 Å². The highest BCUT2D eigenvalue weighted by Gasteiger charge is 2.22. The summed E-state index contributed by atoms with van der Waals surface area (Å²) in [6.45, 7) is 2.59. The van der Waals surface area contributed by atoms with E-state index in [0.29, 0.717) is 6.54 Å². The van der Waals surface area contributed by atoms with Crippen molar-refractivity contribution >= 4 is 22.5 Å². The van der Waals surface area contributed by atoms with Gasteiger partial charge in [0.1, 0.15) is 0 Å². The summed E-state index contributed by atoms with van der Waals surface area (Å²) in [4.78, 5) is 19.4. The van der Waals surface area contributed by atoms with E-state index in [9.17, 15) is 4.79 Å². The number of carbonyl (C=O) groups excluding carboxylic acids is 1. The molecule has 2 aromatic rings. The summed E-state index contributed by atoms with van der Waals surface area (Å²) in [6.07, 6.45) is 5.59. The molecule has 22 heavy (non-hydrogen) atoms. The standard InChI is InChI=1S/C18H21N3O/c22-17(12-21-10-3-4-11-21)20-18-13-6-1-2-8-15(13)19-16-9-5-7-14(16)18/h1-2,6,8H,3-5,7,9-12H2,(H,19,20,22). The fourth-order valence-electron chi connectivity index (χ4n) is 3.68. The fourth-order valence-corrected chi connectivity index (χ4v) is 3.68. The monoisotopic (exact) mass is 295 g/mol. The fraction of sp³-hybridized carbons (Fsp3) is 0.444. The van der Waals surface area contributed by atoms with Crippen molar-refractivity contribution in [3.63, 3.8) is 0 Å². The van der Waals surface area contributed by atoms with Gasteiger partial charge in [0.25, 0.3) is 0 Å². The van der Waals surface area contributed by atoms with E-state index in [0.717, 1.165) is 54.6 Å². The summed E-state index contributed by atoms with van der Waals surface area (Å²) >= 11 is 0. The average Bonchev–Trinajstić information content (AvgIpc) is 3.18. The molecule has 114 valence electrons. The van der Waals surface area contributed by atoms with Crippen LogP contribution >= 0.6 is 0 Å². The second-order valence-electron chi connectivity index (χ2n) is 6.31. The van der Waals surface area contributed by atoms with E-state index in [2.05, 4.69) is 16.3 Å². The third-order valence-electron chi connectivity index (χ3n) is 4.75. The van der Waals surface area contributed by atoms with Gasteiger partial charge in [-0.15, -0.1) is 0 Å². The number of hydrogen-bond acceptors (Lipinski definition) is 3. The maximum Gasteiger partial charge on any atom is 0.238 e. The maximum atomic E-state index is 12.4. The minimum atomic E-state index is 0.104. The van der Waals surface area contributed by atoms with Crippen LogP contribution in [0.3, 0.4) is 0 Å². The Bertz CT molecular complexity index is 720. The highest BCUT2D eigenvalue weighted by atomic mass is 16.2. The Balaban J connectivity index is 1.66. The molecule has 1 fully saturated rings. The zero-order valence-corrected chi connectivity index (χ0v) is 12.8. The molecule has 4 rings (SSSR count). The molecule has 2 heterocycles. The summed E-state index contributed by atoms with van der Waals surface area (Å²) in [7, 11) is 0. The van der Waals surface area contributed by atoms with Crippen LogP contribution in [-0.2, 0) is 17.6 Å². The van der Waals surface area contributed by atoms with E-state index in [1.807, 2.05) is 18.2 Å². The van der Waals surface area contributed by atoms with Crippen molar-refractivity contribution in [2.24, 2.45) is 0 Å². The molecule has 1 N–H and O–H groups in total. The smallest absolute Gasteiger partial charge is 0.238 e. The summed E-state index contributed by atoms with van der Waals surface area (Å²) in [5.41, 5.74) is 4.39. The lowest BCUT2D eigenvalue weighted by molar-refractivity contribution is -0.117. The maximum absolute atomic E-state index is 12.4. The topological polar surface area (TPSA) is 45.2 Å². The van der Waals surface area contributed by atoms with Gasteiger partial charge < -0.3 is 5.32 Å². The number of aryl methyl sites for hydroxylation is 1. The van der Waals surface area contributed by atoms with Crippen LogP contribution in [0.15, 0.2) is 24.3 Å². The van der Waals surface area contributed by atoms with Crippen LogP contribution < -0.4 is 5.32 Å². The molecule has 0 atom stereocenters. The van der Waals surface area contributed by atoms with Gasteiger partial charge in [-0.05, 0) is 56.8 Å². The summed E-state index contributed by atoms with van der Waals surface area (Å²) in [5, 5.41) is 4.26. The molecule has 0 bridgehead atoms. The quantitative estimate of drug-likeness (QED) is 0.947. The van der Waals surface area contributed by atoms with Crippen molar-refractivity contribution in [1.29, 1.82) is 0 Å². The number of anilines is 1. The van der Waals surface area contributed by atoms with Crippen LogP contribution in [0.5, 0.6) is 0 Å². The van der Waals surface area contributed by atoms with Gasteiger partial charge in [0, 0.05) is 11.1 Å². The lowest BCUT2D eigenvalue weighted by Crippen LogP contribution is -2.31. The predicted octanol–water partition coefficient (Wildman–Crippen LogP) is 2.76. The van der Waals surface area contributed by atoms with Gasteiger partial charge in [-0.3, -0.25) is 14.7 Å². The highest BCUT2D eigenvalue weighted by molar-refractivity contribution is 6.03. The molecule has 1 aliphatic heterocycles. The van der Waals surface area contributed by atoms with E-state index in [1.54, 1.807) is 0 Å². The highest BCUT2D eigenvalue weighted by Crippen LogP contribution is 2.33. The van der Waals surface area contributed by atoms with E-state index in [-0.39, 0.29) is 5.91 Å². The lowest BCUT2D eigenvalue weighted by atomic mass is 10.1. The third-order valence-corrected chi connectivity index (χ3v) is 4.75. The van der Waals surface area contributed by atoms with Crippen molar-refractivity contribution in [3.05, 3.63) is 35.5 Å². The number of para-hydroxylation sites is 1. The van der Waals surface area contributed by atoms with Crippen molar-refractivity contribution < 1.29 is 4.79 Å². The first-order chi connectivity index (χ1) is 10.8. The first-order valence-electron chi connectivity index (χ1n) is 8.24. The second-order valence-corrected chi connectivity index (χ2v) is 6.31. The predicted molar refractivity (Wildman–Crippen MR) is 88.1 cm³/mol. The average molecular weight is 295 g/mol. The van der Waals surface area contributed by atoms with Crippen LogP contribution in [0.1, 0.15) is 30.5 Å². The number of rotatable bonds is 3. The zero-order valence-electron chi connectivity index (χ0n) is 12.8. The Morgan fingerprint density at radius 3 is 2.82 bits per heavy atom. The van der Waals surface area contributed by atoms with Crippen LogP contribution in [-0.4, -0.2) is 35.4 Å². The van der Waals surface area contributed by atoms with Crippen molar-refractivity contribution in [2.75, 3.05) is 25.0 Å². The lowest BCUT2D eigenvalue weighted by Gasteiger charge is -2.17. The van der Waals surface area contributed by atoms with Gasteiger partial charge in [-0.1, -0.05) is 18.2 Å². The normalized spacial score (nSPS) is 17.8. The molecule has 1 aromatic heterocycles. The second kappa shape index (κ2) is 5.69. The third kappa shape index (κ3) is 2.48. The Morgan fingerprint density at radius 2 is 1.95 bits per heavy atom. The minimum absolute atomic E-state index is 0.104. The van der Waals surface area contributed by atoms with Gasteiger partial charge in [0.05, 0.1) is 17.7 Å². The van der Waals surface area contributed by atoms with E-state index < -0.39 is 0 Å². The molecule has 1 aromatic carbocycles. The van der Waals surface area contributed by atoms with Crippen molar-refractivity contribution in [3.8, 4) is 0 Å². The molecular weight excluding hydrogens is 274 g/mol. The molecule has 0 radical (unpaired) electrons. The molecular formula is C18H21N3O. The van der Waals surface area contributed by atoms with Crippen LogP contribution in [0.25, 0.3) is 10.9 Å². The number of hydrogen-bond donors (Lipinski definition) is 1. The van der Waals surface area contributed by atoms with E-state index >= 15 is 0 Å². The number of likely N-dealkylation sites (tertiary alicyclic amines) is 1. The van der Waals surface area contributed by atoms with Crippen LogP contribution in [0, 0.1) is 0 Å². The molecule has 4 nitrogen and oxygen atoms in total. The van der Waals surface area contributed by atoms with Crippen LogP contribution in [0.4, 0.5) is 5.69 Å². The van der Waals surface area contributed by atoms with Gasteiger partial charge in [0.15, 0.2) is 0 Å². The Morgan fingerprint density at radius 1 is 1.14 bits per heavy atom. The van der Waals surface area contributed by atoms with Gasteiger partial charge in [-0.2, -0.15) is 0 Å². The molecule has 1 aliphatic carbocycles. The summed E-state index contributed by atoms with van der Waals surface area (Å²) in [5.74, 6) is 0.104. The molecule has 0 unspecified atom stereocenters.